The Bertz CT molecular complexity index is 563. The summed E-state index contributed by atoms with van der Waals surface area (Å²) in [6.45, 7) is 10.1. The van der Waals surface area contributed by atoms with Crippen LogP contribution in [0.5, 0.6) is 0 Å². The normalized spacial score (nSPS) is 25.6. The minimum atomic E-state index is -0.518. The number of hydrogen-bond donors (Lipinski definition) is 0. The van der Waals surface area contributed by atoms with E-state index in [-0.39, 0.29) is 23.8 Å². The first-order valence-corrected chi connectivity index (χ1v) is 11.0. The summed E-state index contributed by atoms with van der Waals surface area (Å²) in [5.41, 5.74) is 1.89. The SMILES string of the molecule is CC(=O)O[C@@H]1CC/C(=C\CBr)CO[C@@]1(C)CCCC(C)C(=O)CC=C(C)C. The van der Waals surface area contributed by atoms with Crippen molar-refractivity contribution in [2.45, 2.75) is 84.8 Å². The van der Waals surface area contributed by atoms with Gasteiger partial charge in [0.15, 0.2) is 0 Å². The Morgan fingerprint density at radius 1 is 1.37 bits per heavy atom. The zero-order valence-corrected chi connectivity index (χ0v) is 19.1. The van der Waals surface area contributed by atoms with Crippen molar-refractivity contribution in [2.24, 2.45) is 5.92 Å². The van der Waals surface area contributed by atoms with Crippen molar-refractivity contribution in [1.82, 2.24) is 0 Å². The van der Waals surface area contributed by atoms with Crippen molar-refractivity contribution in [3.05, 3.63) is 23.3 Å². The van der Waals surface area contributed by atoms with Gasteiger partial charge >= 0.3 is 5.97 Å². The molecule has 0 radical (unpaired) electrons. The van der Waals surface area contributed by atoms with Gasteiger partial charge in [-0.1, -0.05) is 40.6 Å². The zero-order chi connectivity index (χ0) is 20.4. The molecule has 1 aliphatic rings. The molecule has 0 aromatic carbocycles. The van der Waals surface area contributed by atoms with E-state index in [9.17, 15) is 9.59 Å². The average Bonchev–Trinajstić information content (AvgIpc) is 2.73. The van der Waals surface area contributed by atoms with E-state index in [1.165, 1.54) is 18.1 Å². The smallest absolute Gasteiger partial charge is 0.303 e. The molecule has 27 heavy (non-hydrogen) atoms. The number of allylic oxidation sites excluding steroid dienone is 3. The predicted octanol–water partition coefficient (Wildman–Crippen LogP) is 5.54. The second kappa shape index (κ2) is 11.8. The third-order valence-corrected chi connectivity index (χ3v) is 5.57. The van der Waals surface area contributed by atoms with Crippen LogP contribution in [0.25, 0.3) is 0 Å². The van der Waals surface area contributed by atoms with Gasteiger partial charge in [0.25, 0.3) is 0 Å². The van der Waals surface area contributed by atoms with Gasteiger partial charge in [0, 0.05) is 24.6 Å². The molecule has 0 N–H and O–H groups in total. The third kappa shape index (κ3) is 8.73. The highest BCUT2D eigenvalue weighted by Crippen LogP contribution is 2.34. The van der Waals surface area contributed by atoms with Crippen LogP contribution in [0.1, 0.15) is 73.1 Å². The average molecular weight is 443 g/mol. The van der Waals surface area contributed by atoms with Gasteiger partial charge in [0.2, 0.25) is 0 Å². The van der Waals surface area contributed by atoms with Gasteiger partial charge in [-0.05, 0) is 58.4 Å². The van der Waals surface area contributed by atoms with Crippen molar-refractivity contribution in [1.29, 1.82) is 0 Å². The molecular formula is C22H35BrO4. The van der Waals surface area contributed by atoms with Crippen LogP contribution >= 0.6 is 15.9 Å². The summed E-state index contributed by atoms with van der Waals surface area (Å²) in [7, 11) is 0. The summed E-state index contributed by atoms with van der Waals surface area (Å²) in [5.74, 6) is 0.0428. The Morgan fingerprint density at radius 3 is 2.67 bits per heavy atom. The summed E-state index contributed by atoms with van der Waals surface area (Å²) in [4.78, 5) is 23.8. The Balaban J connectivity index is 2.68. The molecule has 4 nitrogen and oxygen atoms in total. The van der Waals surface area contributed by atoms with Gasteiger partial charge in [-0.25, -0.2) is 0 Å². The number of carbonyl (C=O) groups excluding carboxylic acids is 2. The van der Waals surface area contributed by atoms with E-state index < -0.39 is 5.60 Å². The second-order valence-corrected chi connectivity index (χ2v) is 8.65. The Kier molecular flexibility index (Phi) is 10.5. The number of rotatable bonds is 9. The molecule has 0 amide bonds. The fourth-order valence-electron chi connectivity index (χ4n) is 3.36. The van der Waals surface area contributed by atoms with Gasteiger partial charge in [-0.2, -0.15) is 0 Å². The van der Waals surface area contributed by atoms with E-state index in [0.29, 0.717) is 13.0 Å². The number of alkyl halides is 1. The van der Waals surface area contributed by atoms with Crippen LogP contribution in [0.15, 0.2) is 23.3 Å². The second-order valence-electron chi connectivity index (χ2n) is 8.00. The Hall–Kier alpha value is -0.940. The van der Waals surface area contributed by atoms with Crippen molar-refractivity contribution in [2.75, 3.05) is 11.9 Å². The molecule has 5 heteroatoms. The molecule has 154 valence electrons. The van der Waals surface area contributed by atoms with E-state index in [4.69, 9.17) is 9.47 Å². The molecule has 0 aliphatic carbocycles. The first-order valence-electron chi connectivity index (χ1n) is 9.89. The molecule has 1 unspecified atom stereocenters. The number of hydrogen-bond acceptors (Lipinski definition) is 4. The van der Waals surface area contributed by atoms with E-state index in [1.807, 2.05) is 33.8 Å². The summed E-state index contributed by atoms with van der Waals surface area (Å²) in [6.07, 6.45) is 8.47. The Labute approximate surface area is 172 Å². The molecule has 1 heterocycles. The maximum absolute atomic E-state index is 12.2. The zero-order valence-electron chi connectivity index (χ0n) is 17.5. The summed E-state index contributed by atoms with van der Waals surface area (Å²) in [5, 5.41) is 0.798. The van der Waals surface area contributed by atoms with Gasteiger partial charge in [-0.15, -0.1) is 0 Å². The topological polar surface area (TPSA) is 52.6 Å². The van der Waals surface area contributed by atoms with Crippen LogP contribution < -0.4 is 0 Å². The van der Waals surface area contributed by atoms with Crippen LogP contribution in [0.3, 0.4) is 0 Å². The molecule has 1 fully saturated rings. The molecule has 1 rings (SSSR count). The number of carbonyl (C=O) groups is 2. The molecular weight excluding hydrogens is 408 g/mol. The van der Waals surface area contributed by atoms with Crippen molar-refractivity contribution in [3.63, 3.8) is 0 Å². The predicted molar refractivity (Wildman–Crippen MR) is 113 cm³/mol. The highest BCUT2D eigenvalue weighted by Gasteiger charge is 2.39. The monoisotopic (exact) mass is 442 g/mol. The molecule has 0 spiro atoms. The minimum absolute atomic E-state index is 0.0333. The molecule has 3 atom stereocenters. The molecule has 0 saturated carbocycles. The van der Waals surface area contributed by atoms with Crippen LogP contribution in [0.4, 0.5) is 0 Å². The van der Waals surface area contributed by atoms with Crippen LogP contribution in [0.2, 0.25) is 0 Å². The first-order chi connectivity index (χ1) is 12.7. The quantitative estimate of drug-likeness (QED) is 0.267. The van der Waals surface area contributed by atoms with Gasteiger partial charge in [0.05, 0.1) is 6.61 Å². The first kappa shape index (κ1) is 24.1. The van der Waals surface area contributed by atoms with Gasteiger partial charge < -0.3 is 9.47 Å². The standard InChI is InChI=1S/C22H35BrO4/c1-16(2)8-10-20(25)17(3)7-6-13-22(5)21(27-18(4)24)11-9-19(12-14-23)15-26-22/h8,12,17,21H,6-7,9-11,13-15H2,1-5H3/b19-12+/t17?,21-,22+/m1/s1. The molecule has 1 saturated heterocycles. The van der Waals surface area contributed by atoms with Crippen LogP contribution in [0, 0.1) is 5.92 Å². The highest BCUT2D eigenvalue weighted by atomic mass is 79.9. The lowest BCUT2D eigenvalue weighted by Crippen LogP contribution is -2.43. The molecule has 0 bridgehead atoms. The summed E-state index contributed by atoms with van der Waals surface area (Å²) >= 11 is 3.43. The number of ether oxygens (including phenoxy) is 2. The van der Waals surface area contributed by atoms with Crippen molar-refractivity contribution < 1.29 is 19.1 Å². The fourth-order valence-corrected chi connectivity index (χ4v) is 3.82. The number of esters is 1. The van der Waals surface area contributed by atoms with E-state index in [0.717, 1.165) is 37.4 Å². The number of Topliss-reactive ketones (excluding diaryl/α,β-unsaturated/α-hetero) is 1. The minimum Gasteiger partial charge on any atom is -0.459 e. The molecule has 1 aliphatic heterocycles. The molecule has 0 aromatic heterocycles. The molecule has 0 aromatic rings. The van der Waals surface area contributed by atoms with Gasteiger partial charge in [-0.3, -0.25) is 9.59 Å². The van der Waals surface area contributed by atoms with Crippen LogP contribution in [-0.2, 0) is 19.1 Å². The largest absolute Gasteiger partial charge is 0.459 e. The van der Waals surface area contributed by atoms with Gasteiger partial charge in [0.1, 0.15) is 17.5 Å². The summed E-state index contributed by atoms with van der Waals surface area (Å²) < 4.78 is 11.8. The lowest BCUT2D eigenvalue weighted by atomic mass is 9.87. The summed E-state index contributed by atoms with van der Waals surface area (Å²) in [6, 6.07) is 0. The van der Waals surface area contributed by atoms with E-state index >= 15 is 0 Å². The lowest BCUT2D eigenvalue weighted by molar-refractivity contribution is -0.167. The number of ketones is 1. The van der Waals surface area contributed by atoms with E-state index in [2.05, 4.69) is 22.0 Å². The fraction of sp³-hybridized carbons (Fsp3) is 0.727. The van der Waals surface area contributed by atoms with E-state index in [1.54, 1.807) is 0 Å². The number of halogens is 1. The third-order valence-electron chi connectivity index (χ3n) is 5.24. The highest BCUT2D eigenvalue weighted by molar-refractivity contribution is 9.09. The van der Waals surface area contributed by atoms with Crippen LogP contribution in [-0.4, -0.2) is 35.4 Å². The maximum Gasteiger partial charge on any atom is 0.303 e. The van der Waals surface area contributed by atoms with Crippen molar-refractivity contribution >= 4 is 27.7 Å². The maximum atomic E-state index is 12.2. The lowest BCUT2D eigenvalue weighted by Gasteiger charge is -2.35. The van der Waals surface area contributed by atoms with Crippen molar-refractivity contribution in [3.8, 4) is 0 Å². The Morgan fingerprint density at radius 2 is 2.07 bits per heavy atom.